The Morgan fingerprint density at radius 3 is 3.00 bits per heavy atom. The molecule has 0 saturated heterocycles. The Morgan fingerprint density at radius 1 is 1.73 bits per heavy atom. The van der Waals surface area contributed by atoms with Crippen molar-refractivity contribution in [2.75, 3.05) is 6.54 Å². The van der Waals surface area contributed by atoms with Crippen molar-refractivity contribution in [3.8, 4) is 0 Å². The SMILES string of the molecule is CC(Cl)CCCNC(=O)c1ccoc1Br. The summed E-state index contributed by atoms with van der Waals surface area (Å²) in [5.74, 6) is -0.127. The summed E-state index contributed by atoms with van der Waals surface area (Å²) in [5, 5.41) is 2.95. The monoisotopic (exact) mass is 293 g/mol. The van der Waals surface area contributed by atoms with E-state index in [0.29, 0.717) is 16.8 Å². The maximum absolute atomic E-state index is 11.5. The lowest BCUT2D eigenvalue weighted by Gasteiger charge is -2.04. The van der Waals surface area contributed by atoms with Gasteiger partial charge in [-0.3, -0.25) is 4.79 Å². The third-order valence-corrected chi connectivity index (χ3v) is 2.76. The van der Waals surface area contributed by atoms with Gasteiger partial charge in [-0.15, -0.1) is 11.6 Å². The summed E-state index contributed by atoms with van der Waals surface area (Å²) in [6.45, 7) is 2.57. The van der Waals surface area contributed by atoms with Crippen LogP contribution in [0.2, 0.25) is 0 Å². The maximum Gasteiger partial charge on any atom is 0.255 e. The normalized spacial score (nSPS) is 12.5. The molecule has 0 aliphatic heterocycles. The largest absolute Gasteiger partial charge is 0.457 e. The van der Waals surface area contributed by atoms with E-state index in [2.05, 4.69) is 21.2 Å². The second kappa shape index (κ2) is 6.18. The van der Waals surface area contributed by atoms with Gasteiger partial charge in [0, 0.05) is 11.9 Å². The van der Waals surface area contributed by atoms with Crippen LogP contribution >= 0.6 is 27.5 Å². The summed E-state index contributed by atoms with van der Waals surface area (Å²) in [4.78, 5) is 11.5. The Hall–Kier alpha value is -0.480. The molecule has 3 nitrogen and oxygen atoms in total. The zero-order valence-corrected chi connectivity index (χ0v) is 10.8. The molecular formula is C10H13BrClNO2. The molecule has 0 spiro atoms. The Labute approximate surface area is 102 Å². The summed E-state index contributed by atoms with van der Waals surface area (Å²) in [6, 6.07) is 1.63. The lowest BCUT2D eigenvalue weighted by molar-refractivity contribution is 0.0951. The van der Waals surface area contributed by atoms with E-state index in [9.17, 15) is 4.79 Å². The van der Waals surface area contributed by atoms with Gasteiger partial charge in [-0.25, -0.2) is 0 Å². The Balaban J connectivity index is 2.28. The first kappa shape index (κ1) is 12.6. The van der Waals surface area contributed by atoms with E-state index in [0.717, 1.165) is 12.8 Å². The first-order chi connectivity index (χ1) is 7.11. The van der Waals surface area contributed by atoms with Crippen LogP contribution in [0.25, 0.3) is 0 Å². The molecule has 0 aliphatic carbocycles. The number of carbonyl (C=O) groups is 1. The third kappa shape index (κ3) is 4.26. The number of alkyl halides is 1. The number of furan rings is 1. The fourth-order valence-corrected chi connectivity index (χ4v) is 1.71. The van der Waals surface area contributed by atoms with E-state index in [4.69, 9.17) is 16.0 Å². The van der Waals surface area contributed by atoms with Gasteiger partial charge in [0.25, 0.3) is 5.91 Å². The zero-order chi connectivity index (χ0) is 11.3. The van der Waals surface area contributed by atoms with E-state index < -0.39 is 0 Å². The highest BCUT2D eigenvalue weighted by atomic mass is 79.9. The summed E-state index contributed by atoms with van der Waals surface area (Å²) < 4.78 is 5.43. The van der Waals surface area contributed by atoms with Gasteiger partial charge in [0.15, 0.2) is 4.67 Å². The van der Waals surface area contributed by atoms with Gasteiger partial charge in [0.05, 0.1) is 11.8 Å². The van der Waals surface area contributed by atoms with Crippen molar-refractivity contribution in [1.29, 1.82) is 0 Å². The molecule has 0 aliphatic rings. The summed E-state index contributed by atoms with van der Waals surface area (Å²) >= 11 is 8.93. The quantitative estimate of drug-likeness (QED) is 0.669. The van der Waals surface area contributed by atoms with Crippen molar-refractivity contribution in [3.05, 3.63) is 22.6 Å². The average Bonchev–Trinajstić information content (AvgIpc) is 2.58. The molecule has 1 aromatic heterocycles. The lowest BCUT2D eigenvalue weighted by Crippen LogP contribution is -2.24. The van der Waals surface area contributed by atoms with Crippen LogP contribution in [-0.4, -0.2) is 17.8 Å². The summed E-state index contributed by atoms with van der Waals surface area (Å²) in [6.07, 6.45) is 3.25. The van der Waals surface area contributed by atoms with Crippen LogP contribution in [0.5, 0.6) is 0 Å². The standard InChI is InChI=1S/C10H13BrClNO2/c1-7(12)3-2-5-13-10(14)8-4-6-15-9(8)11/h4,6-7H,2-3,5H2,1H3,(H,13,14). The predicted molar refractivity (Wildman–Crippen MR) is 63.3 cm³/mol. The lowest BCUT2D eigenvalue weighted by atomic mass is 10.2. The van der Waals surface area contributed by atoms with E-state index in [1.165, 1.54) is 6.26 Å². The number of halogens is 2. The van der Waals surface area contributed by atoms with Gasteiger partial charge in [0.2, 0.25) is 0 Å². The van der Waals surface area contributed by atoms with Crippen LogP contribution in [-0.2, 0) is 0 Å². The summed E-state index contributed by atoms with van der Waals surface area (Å²) in [5.41, 5.74) is 0.522. The van der Waals surface area contributed by atoms with Gasteiger partial charge < -0.3 is 9.73 Å². The third-order valence-electron chi connectivity index (χ3n) is 1.93. The second-order valence-corrected chi connectivity index (χ2v) is 4.75. The van der Waals surface area contributed by atoms with E-state index in [1.54, 1.807) is 6.07 Å². The molecular weight excluding hydrogens is 281 g/mol. The molecule has 0 fully saturated rings. The number of rotatable bonds is 5. The van der Waals surface area contributed by atoms with Gasteiger partial charge in [-0.2, -0.15) is 0 Å². The molecule has 1 aromatic rings. The molecule has 0 aromatic carbocycles. The first-order valence-electron chi connectivity index (χ1n) is 4.76. The van der Waals surface area contributed by atoms with E-state index in [1.807, 2.05) is 6.92 Å². The number of hydrogen-bond donors (Lipinski definition) is 1. The summed E-state index contributed by atoms with van der Waals surface area (Å²) in [7, 11) is 0. The van der Waals surface area contributed by atoms with Crippen molar-refractivity contribution >= 4 is 33.4 Å². The number of carbonyl (C=O) groups excluding carboxylic acids is 1. The molecule has 0 saturated carbocycles. The molecule has 5 heteroatoms. The van der Waals surface area contributed by atoms with Crippen LogP contribution in [0.3, 0.4) is 0 Å². The van der Waals surface area contributed by atoms with Gasteiger partial charge in [0.1, 0.15) is 0 Å². The van der Waals surface area contributed by atoms with Crippen LogP contribution in [0.1, 0.15) is 30.1 Å². The highest BCUT2D eigenvalue weighted by Crippen LogP contribution is 2.17. The fourth-order valence-electron chi connectivity index (χ4n) is 1.14. The maximum atomic E-state index is 11.5. The van der Waals surface area contributed by atoms with E-state index >= 15 is 0 Å². The van der Waals surface area contributed by atoms with E-state index in [-0.39, 0.29) is 11.3 Å². The van der Waals surface area contributed by atoms with Gasteiger partial charge in [-0.1, -0.05) is 0 Å². The molecule has 1 unspecified atom stereocenters. The minimum absolute atomic E-state index is 0.127. The Morgan fingerprint density at radius 2 is 2.47 bits per heavy atom. The molecule has 1 amide bonds. The number of hydrogen-bond acceptors (Lipinski definition) is 2. The average molecular weight is 295 g/mol. The molecule has 0 bridgehead atoms. The number of amides is 1. The number of nitrogens with one attached hydrogen (secondary N) is 1. The van der Waals surface area contributed by atoms with Gasteiger partial charge in [-0.05, 0) is 41.8 Å². The Kier molecular flexibility index (Phi) is 5.19. The molecule has 1 heterocycles. The molecule has 84 valence electrons. The van der Waals surface area contributed by atoms with Crippen molar-refractivity contribution in [1.82, 2.24) is 5.32 Å². The predicted octanol–water partition coefficient (Wildman–Crippen LogP) is 3.18. The first-order valence-corrected chi connectivity index (χ1v) is 5.99. The van der Waals surface area contributed by atoms with Crippen molar-refractivity contribution < 1.29 is 9.21 Å². The fraction of sp³-hybridized carbons (Fsp3) is 0.500. The Bertz CT molecular complexity index is 325. The minimum Gasteiger partial charge on any atom is -0.457 e. The highest BCUT2D eigenvalue weighted by molar-refractivity contribution is 9.10. The van der Waals surface area contributed by atoms with Gasteiger partial charge >= 0.3 is 0 Å². The van der Waals surface area contributed by atoms with Crippen LogP contribution in [0.15, 0.2) is 21.4 Å². The smallest absolute Gasteiger partial charge is 0.255 e. The zero-order valence-electron chi connectivity index (χ0n) is 8.43. The second-order valence-electron chi connectivity index (χ2n) is 3.29. The van der Waals surface area contributed by atoms with Crippen LogP contribution < -0.4 is 5.32 Å². The topological polar surface area (TPSA) is 42.2 Å². The molecule has 0 radical (unpaired) electrons. The van der Waals surface area contributed by atoms with Crippen LogP contribution in [0.4, 0.5) is 0 Å². The highest BCUT2D eigenvalue weighted by Gasteiger charge is 2.11. The van der Waals surface area contributed by atoms with Crippen molar-refractivity contribution in [2.45, 2.75) is 25.1 Å². The van der Waals surface area contributed by atoms with Crippen LogP contribution in [0, 0.1) is 0 Å². The van der Waals surface area contributed by atoms with Crippen molar-refractivity contribution in [3.63, 3.8) is 0 Å². The molecule has 1 rings (SSSR count). The molecule has 15 heavy (non-hydrogen) atoms. The minimum atomic E-state index is -0.127. The van der Waals surface area contributed by atoms with Crippen molar-refractivity contribution in [2.24, 2.45) is 0 Å². The molecule has 1 N–H and O–H groups in total. The molecule has 1 atom stereocenters.